The Kier molecular flexibility index (Phi) is 6.73. The molecule has 142 valence electrons. The van der Waals surface area contributed by atoms with Gasteiger partial charge in [-0.1, -0.05) is 36.0 Å². The molecule has 2 aromatic heterocycles. The number of carbonyl (C=O) groups excluding carboxylic acids is 1. The number of carbonyl (C=O) groups is 1. The molecule has 8 heteroatoms. The smallest absolute Gasteiger partial charge is 0.233 e. The normalized spacial score (nSPS) is 11.0. The minimum absolute atomic E-state index is 0.0765. The lowest BCUT2D eigenvalue weighted by atomic mass is 10.1. The van der Waals surface area contributed by atoms with Crippen LogP contribution >= 0.6 is 39.0 Å². The van der Waals surface area contributed by atoms with Gasteiger partial charge in [-0.3, -0.25) is 4.79 Å². The van der Waals surface area contributed by atoms with Crippen LogP contribution in [0, 0.1) is 6.92 Å². The fraction of sp³-hybridized carbons (Fsp3) is 0.316. The Morgan fingerprint density at radius 3 is 2.70 bits per heavy atom. The van der Waals surface area contributed by atoms with Gasteiger partial charge >= 0.3 is 0 Å². The van der Waals surface area contributed by atoms with Crippen LogP contribution in [0.15, 0.2) is 45.3 Å². The summed E-state index contributed by atoms with van der Waals surface area (Å²) in [5.74, 6) is 1.27. The van der Waals surface area contributed by atoms with E-state index in [-0.39, 0.29) is 5.91 Å². The molecule has 0 atom stereocenters. The molecule has 0 unspecified atom stereocenters. The second-order valence-corrected chi connectivity index (χ2v) is 9.60. The Morgan fingerprint density at radius 2 is 2.04 bits per heavy atom. The highest BCUT2D eigenvalue weighted by Crippen LogP contribution is 2.27. The fourth-order valence-electron chi connectivity index (χ4n) is 2.70. The van der Waals surface area contributed by atoms with Crippen LogP contribution in [0.1, 0.15) is 17.4 Å². The van der Waals surface area contributed by atoms with Crippen molar-refractivity contribution in [2.24, 2.45) is 0 Å². The van der Waals surface area contributed by atoms with E-state index < -0.39 is 0 Å². The van der Waals surface area contributed by atoms with Crippen molar-refractivity contribution in [3.63, 3.8) is 0 Å². The molecular weight excluding hydrogens is 444 g/mol. The molecule has 0 aliphatic rings. The van der Waals surface area contributed by atoms with Crippen LogP contribution in [0.3, 0.4) is 0 Å². The minimum Gasteiger partial charge on any atom is -0.340 e. The Morgan fingerprint density at radius 1 is 1.26 bits per heavy atom. The monoisotopic (exact) mass is 464 g/mol. The van der Waals surface area contributed by atoms with Crippen molar-refractivity contribution in [1.82, 2.24) is 19.7 Å². The molecule has 0 saturated carbocycles. The summed E-state index contributed by atoms with van der Waals surface area (Å²) in [4.78, 5) is 15.4. The third-order valence-electron chi connectivity index (χ3n) is 4.19. The average molecular weight is 465 g/mol. The van der Waals surface area contributed by atoms with Crippen molar-refractivity contribution in [1.29, 1.82) is 0 Å². The molecule has 1 amide bonds. The highest BCUT2D eigenvalue weighted by atomic mass is 79.9. The molecule has 0 fully saturated rings. The van der Waals surface area contributed by atoms with E-state index in [9.17, 15) is 4.79 Å². The summed E-state index contributed by atoms with van der Waals surface area (Å²) in [6.07, 6.45) is 0. The number of aromatic nitrogens is 3. The van der Waals surface area contributed by atoms with Crippen molar-refractivity contribution >= 4 is 44.9 Å². The number of thioether (sulfide) groups is 1. The molecule has 3 aromatic rings. The maximum absolute atomic E-state index is 12.5. The van der Waals surface area contributed by atoms with Crippen LogP contribution in [0.5, 0.6) is 0 Å². The molecule has 2 heterocycles. The highest BCUT2D eigenvalue weighted by Gasteiger charge is 2.17. The summed E-state index contributed by atoms with van der Waals surface area (Å²) >= 11 is 6.54. The zero-order chi connectivity index (χ0) is 19.4. The fourth-order valence-corrected chi connectivity index (χ4v) is 5.18. The van der Waals surface area contributed by atoms with Crippen LogP contribution in [-0.4, -0.2) is 38.4 Å². The van der Waals surface area contributed by atoms with Crippen LogP contribution in [0.25, 0.3) is 11.4 Å². The lowest BCUT2D eigenvalue weighted by molar-refractivity contribution is -0.127. The van der Waals surface area contributed by atoms with Crippen LogP contribution in [-0.2, 0) is 17.9 Å². The quantitative estimate of drug-likeness (QED) is 0.469. The van der Waals surface area contributed by atoms with Crippen molar-refractivity contribution in [3.05, 3.63) is 50.6 Å². The molecule has 0 radical (unpaired) electrons. The molecule has 0 saturated heterocycles. The highest BCUT2D eigenvalue weighted by molar-refractivity contribution is 9.11. The molecule has 5 nitrogen and oxygen atoms in total. The first-order valence-electron chi connectivity index (χ1n) is 8.59. The van der Waals surface area contributed by atoms with E-state index >= 15 is 0 Å². The van der Waals surface area contributed by atoms with Gasteiger partial charge in [0.2, 0.25) is 5.91 Å². The van der Waals surface area contributed by atoms with E-state index in [4.69, 9.17) is 0 Å². The van der Waals surface area contributed by atoms with Crippen LogP contribution in [0.2, 0.25) is 0 Å². The Hall–Kier alpha value is -1.64. The Bertz CT molecular complexity index is 937. The molecule has 0 bridgehead atoms. The van der Waals surface area contributed by atoms with E-state index in [1.54, 1.807) is 16.2 Å². The summed E-state index contributed by atoms with van der Waals surface area (Å²) in [5.41, 5.74) is 2.24. The number of nitrogens with zero attached hydrogens (tertiary/aromatic N) is 4. The minimum atomic E-state index is 0.0765. The number of amides is 1. The third-order valence-corrected chi connectivity index (χ3v) is 6.75. The van der Waals surface area contributed by atoms with Gasteiger partial charge in [-0.2, -0.15) is 0 Å². The summed E-state index contributed by atoms with van der Waals surface area (Å²) in [6.45, 7) is 5.51. The number of halogens is 1. The van der Waals surface area contributed by atoms with Gasteiger partial charge in [-0.05, 0) is 47.5 Å². The number of hydrogen-bond acceptors (Lipinski definition) is 5. The van der Waals surface area contributed by atoms with Crippen molar-refractivity contribution < 1.29 is 4.79 Å². The molecule has 27 heavy (non-hydrogen) atoms. The van der Waals surface area contributed by atoms with Gasteiger partial charge in [-0.15, -0.1) is 21.5 Å². The number of hydrogen-bond donors (Lipinski definition) is 0. The standard InChI is InChI=1S/C19H21BrN4OS2/c1-4-24-18(15-8-6-5-7-13(15)2)21-22-19(24)26-12-17(25)23(3)11-14-9-10-16(20)27-14/h5-10H,4,11-12H2,1-3H3. The molecular formula is C19H21BrN4OS2. The molecule has 0 aliphatic heterocycles. The number of aryl methyl sites for hydroxylation is 1. The zero-order valence-electron chi connectivity index (χ0n) is 15.5. The van der Waals surface area contributed by atoms with Gasteiger partial charge in [0.15, 0.2) is 11.0 Å². The van der Waals surface area contributed by atoms with E-state index in [2.05, 4.69) is 56.7 Å². The van der Waals surface area contributed by atoms with Gasteiger partial charge in [0, 0.05) is 24.0 Å². The van der Waals surface area contributed by atoms with Gasteiger partial charge in [0.1, 0.15) is 0 Å². The van der Waals surface area contributed by atoms with Gasteiger partial charge in [-0.25, -0.2) is 0 Å². The first-order chi connectivity index (χ1) is 13.0. The maximum atomic E-state index is 12.5. The van der Waals surface area contributed by atoms with Crippen LogP contribution < -0.4 is 0 Å². The molecule has 0 spiro atoms. The van der Waals surface area contributed by atoms with E-state index in [0.717, 1.165) is 37.3 Å². The van der Waals surface area contributed by atoms with Crippen LogP contribution in [0.4, 0.5) is 0 Å². The Balaban J connectivity index is 1.67. The topological polar surface area (TPSA) is 51.0 Å². The average Bonchev–Trinajstić information content (AvgIpc) is 3.25. The predicted octanol–water partition coefficient (Wildman–Crippen LogP) is 4.85. The summed E-state index contributed by atoms with van der Waals surface area (Å²) in [7, 11) is 1.83. The molecule has 0 aliphatic carbocycles. The van der Waals surface area contributed by atoms with Gasteiger partial charge in [0.25, 0.3) is 0 Å². The second-order valence-electron chi connectivity index (χ2n) is 6.11. The molecule has 1 aromatic carbocycles. The molecule has 3 rings (SSSR count). The van der Waals surface area contributed by atoms with Gasteiger partial charge in [0.05, 0.1) is 16.1 Å². The summed E-state index contributed by atoms with van der Waals surface area (Å²) < 4.78 is 3.14. The largest absolute Gasteiger partial charge is 0.340 e. The Labute approximate surface area is 175 Å². The maximum Gasteiger partial charge on any atom is 0.233 e. The second kappa shape index (κ2) is 9.03. The summed E-state index contributed by atoms with van der Waals surface area (Å²) in [6, 6.07) is 12.2. The number of thiophene rings is 1. The van der Waals surface area contributed by atoms with Crippen molar-refractivity contribution in [2.75, 3.05) is 12.8 Å². The predicted molar refractivity (Wildman–Crippen MR) is 115 cm³/mol. The third kappa shape index (κ3) is 4.80. The first kappa shape index (κ1) is 20.1. The zero-order valence-corrected chi connectivity index (χ0v) is 18.7. The lowest BCUT2D eigenvalue weighted by Crippen LogP contribution is -2.27. The van der Waals surface area contributed by atoms with Crippen molar-refractivity contribution in [2.45, 2.75) is 32.1 Å². The summed E-state index contributed by atoms with van der Waals surface area (Å²) in [5, 5.41) is 9.47. The molecule has 0 N–H and O–H groups in total. The van der Waals surface area contributed by atoms with E-state index in [0.29, 0.717) is 12.3 Å². The lowest BCUT2D eigenvalue weighted by Gasteiger charge is -2.16. The van der Waals surface area contributed by atoms with E-state index in [1.165, 1.54) is 11.8 Å². The number of rotatable bonds is 7. The van der Waals surface area contributed by atoms with E-state index in [1.807, 2.05) is 31.3 Å². The number of benzene rings is 1. The SMILES string of the molecule is CCn1c(SCC(=O)N(C)Cc2ccc(Br)s2)nnc1-c1ccccc1C. The van der Waals surface area contributed by atoms with Crippen molar-refractivity contribution in [3.8, 4) is 11.4 Å². The van der Waals surface area contributed by atoms with Gasteiger partial charge < -0.3 is 9.47 Å². The first-order valence-corrected chi connectivity index (χ1v) is 11.2.